The Morgan fingerprint density at radius 2 is 1.52 bits per heavy atom. The van der Waals surface area contributed by atoms with Crippen molar-refractivity contribution in [2.45, 2.75) is 44.4 Å². The van der Waals surface area contributed by atoms with Crippen LogP contribution in [0.3, 0.4) is 0 Å². The molecule has 2 heterocycles. The quantitative estimate of drug-likeness (QED) is 0.529. The van der Waals surface area contributed by atoms with Gasteiger partial charge in [0, 0.05) is 30.0 Å². The van der Waals surface area contributed by atoms with Gasteiger partial charge in [-0.3, -0.25) is 0 Å². The summed E-state index contributed by atoms with van der Waals surface area (Å²) in [5.74, 6) is 1.19. The van der Waals surface area contributed by atoms with Crippen LogP contribution >= 0.6 is 11.6 Å². The van der Waals surface area contributed by atoms with E-state index in [1.54, 1.807) is 12.4 Å². The molecule has 0 aliphatic heterocycles. The zero-order chi connectivity index (χ0) is 19.9. The molecule has 0 radical (unpaired) electrons. The Labute approximate surface area is 176 Å². The average Bonchev–Trinajstić information content (AvgIpc) is 3.19. The summed E-state index contributed by atoms with van der Waals surface area (Å²) in [5.41, 5.74) is 3.66. The minimum atomic E-state index is 0.567. The summed E-state index contributed by atoms with van der Waals surface area (Å²) in [6.07, 6.45) is 12.8. The molecule has 3 aromatic rings. The van der Waals surface area contributed by atoms with Gasteiger partial charge in [0.2, 0.25) is 5.95 Å². The van der Waals surface area contributed by atoms with E-state index in [2.05, 4.69) is 28.3 Å². The molecule has 1 aliphatic rings. The molecule has 148 valence electrons. The molecule has 1 aromatic carbocycles. The monoisotopic (exact) mass is 404 g/mol. The first kappa shape index (κ1) is 19.6. The van der Waals surface area contributed by atoms with Crippen molar-refractivity contribution in [3.05, 3.63) is 95.0 Å². The number of nitrogens with zero attached hydrogens (tertiary/aromatic N) is 4. The standard InChI is InChI=1S/C24H25ClN4/c25-21-13-6-4-9-19(10-5-7-14-21)17-23-22(20-11-2-1-3-12-20)18-29(28-23)24-26-15-8-16-27-24/h4-10,13-16,18,20H,1-3,11-12,17H2. The number of hydrogen-bond donors (Lipinski definition) is 0. The first-order valence-electron chi connectivity index (χ1n) is 10.2. The summed E-state index contributed by atoms with van der Waals surface area (Å²) in [7, 11) is 0. The maximum atomic E-state index is 6.10. The normalized spacial score (nSPS) is 14.4. The molecule has 0 N–H and O–H groups in total. The molecule has 29 heavy (non-hydrogen) atoms. The Hall–Kier alpha value is -2.72. The van der Waals surface area contributed by atoms with Gasteiger partial charge < -0.3 is 0 Å². The van der Waals surface area contributed by atoms with Crippen molar-refractivity contribution in [2.75, 3.05) is 0 Å². The van der Waals surface area contributed by atoms with E-state index < -0.39 is 0 Å². The third-order valence-corrected chi connectivity index (χ3v) is 5.60. The van der Waals surface area contributed by atoms with Crippen LogP contribution in [0.2, 0.25) is 5.02 Å². The number of rotatable bonds is 4. The highest BCUT2D eigenvalue weighted by Crippen LogP contribution is 2.35. The van der Waals surface area contributed by atoms with Crippen LogP contribution in [0.4, 0.5) is 0 Å². The molecular formula is C24H25ClN4. The van der Waals surface area contributed by atoms with Gasteiger partial charge in [0.05, 0.1) is 5.69 Å². The molecule has 0 spiro atoms. The molecule has 1 saturated carbocycles. The van der Waals surface area contributed by atoms with Crippen LogP contribution in [0.5, 0.6) is 0 Å². The number of aromatic nitrogens is 4. The molecule has 0 atom stereocenters. The summed E-state index contributed by atoms with van der Waals surface area (Å²) in [5, 5.41) is 5.61. The molecule has 2 aromatic heterocycles. The van der Waals surface area contributed by atoms with Crippen molar-refractivity contribution < 1.29 is 0 Å². The van der Waals surface area contributed by atoms with E-state index in [4.69, 9.17) is 16.7 Å². The van der Waals surface area contributed by atoms with Gasteiger partial charge in [0.25, 0.3) is 0 Å². The van der Waals surface area contributed by atoms with Crippen LogP contribution in [0.15, 0.2) is 73.2 Å². The zero-order valence-corrected chi connectivity index (χ0v) is 17.2. The van der Waals surface area contributed by atoms with E-state index in [-0.39, 0.29) is 0 Å². The third kappa shape index (κ3) is 5.21. The second kappa shape index (κ2) is 9.66. The second-order valence-electron chi connectivity index (χ2n) is 7.43. The molecule has 0 bridgehead atoms. The van der Waals surface area contributed by atoms with Crippen LogP contribution in [0.25, 0.3) is 5.95 Å². The van der Waals surface area contributed by atoms with E-state index in [9.17, 15) is 0 Å². The Morgan fingerprint density at radius 1 is 0.862 bits per heavy atom. The van der Waals surface area contributed by atoms with Gasteiger partial charge in [0.15, 0.2) is 0 Å². The van der Waals surface area contributed by atoms with Gasteiger partial charge in [-0.15, -0.1) is 0 Å². The second-order valence-corrected chi connectivity index (χ2v) is 7.87. The lowest BCUT2D eigenvalue weighted by molar-refractivity contribution is 0.442. The fourth-order valence-electron chi connectivity index (χ4n) is 3.90. The van der Waals surface area contributed by atoms with Gasteiger partial charge in [-0.1, -0.05) is 67.3 Å². The molecule has 0 amide bonds. The lowest BCUT2D eigenvalue weighted by atomic mass is 9.83. The fourth-order valence-corrected chi connectivity index (χ4v) is 4.05. The van der Waals surface area contributed by atoms with Crippen LogP contribution in [-0.2, 0) is 6.42 Å². The van der Waals surface area contributed by atoms with Crippen LogP contribution in [-0.4, -0.2) is 19.7 Å². The molecule has 0 unspecified atom stereocenters. The maximum absolute atomic E-state index is 6.10. The van der Waals surface area contributed by atoms with Gasteiger partial charge in [-0.05, 0) is 48.1 Å². The largest absolute Gasteiger partial charge is 0.250 e. The van der Waals surface area contributed by atoms with Crippen molar-refractivity contribution in [1.82, 2.24) is 19.7 Å². The summed E-state index contributed by atoms with van der Waals surface area (Å²) in [4.78, 5) is 8.75. The molecule has 1 fully saturated rings. The Bertz CT molecular complexity index is 965. The molecular weight excluding hydrogens is 380 g/mol. The van der Waals surface area contributed by atoms with E-state index in [0.717, 1.165) is 12.1 Å². The van der Waals surface area contributed by atoms with Gasteiger partial charge in [0.1, 0.15) is 0 Å². The van der Waals surface area contributed by atoms with E-state index in [1.807, 2.05) is 47.1 Å². The maximum Gasteiger partial charge on any atom is 0.250 e. The highest BCUT2D eigenvalue weighted by Gasteiger charge is 2.22. The van der Waals surface area contributed by atoms with Gasteiger partial charge >= 0.3 is 0 Å². The highest BCUT2D eigenvalue weighted by molar-refractivity contribution is 6.30. The Balaban J connectivity index is 1.71. The fraction of sp³-hybridized carbons (Fsp3) is 0.292. The van der Waals surface area contributed by atoms with Crippen molar-refractivity contribution in [3.63, 3.8) is 0 Å². The van der Waals surface area contributed by atoms with Crippen molar-refractivity contribution in [1.29, 1.82) is 0 Å². The predicted molar refractivity (Wildman–Crippen MR) is 117 cm³/mol. The smallest absolute Gasteiger partial charge is 0.220 e. The van der Waals surface area contributed by atoms with Crippen LogP contribution < -0.4 is 0 Å². The first-order valence-corrected chi connectivity index (χ1v) is 10.6. The van der Waals surface area contributed by atoms with E-state index >= 15 is 0 Å². The molecule has 4 rings (SSSR count). The number of hydrogen-bond acceptors (Lipinski definition) is 3. The summed E-state index contributed by atoms with van der Waals surface area (Å²) in [6, 6.07) is 17.8. The predicted octanol–water partition coefficient (Wildman–Crippen LogP) is 6.08. The van der Waals surface area contributed by atoms with Crippen molar-refractivity contribution in [3.8, 4) is 5.95 Å². The topological polar surface area (TPSA) is 43.6 Å². The Kier molecular flexibility index (Phi) is 6.52. The lowest BCUT2D eigenvalue weighted by Crippen LogP contribution is -2.06. The summed E-state index contributed by atoms with van der Waals surface area (Å²) >= 11 is 6.10. The zero-order valence-electron chi connectivity index (χ0n) is 16.4. The summed E-state index contributed by atoms with van der Waals surface area (Å²) in [6.45, 7) is 0. The summed E-state index contributed by atoms with van der Waals surface area (Å²) < 4.78 is 1.84. The van der Waals surface area contributed by atoms with E-state index in [0.29, 0.717) is 16.9 Å². The van der Waals surface area contributed by atoms with Gasteiger partial charge in [-0.2, -0.15) is 5.10 Å². The lowest BCUT2D eigenvalue weighted by Gasteiger charge is -2.21. The first-order chi connectivity index (χ1) is 14.3. The minimum absolute atomic E-state index is 0.567. The van der Waals surface area contributed by atoms with Gasteiger partial charge in [-0.25, -0.2) is 14.6 Å². The molecule has 5 heteroatoms. The Morgan fingerprint density at radius 3 is 2.21 bits per heavy atom. The van der Waals surface area contributed by atoms with Crippen molar-refractivity contribution in [2.24, 2.45) is 0 Å². The SMILES string of the molecule is Clc1ccccc(Cc2nn(-c3ncccn3)cc2C2CCCCC2)cccc1. The van der Waals surface area contributed by atoms with Crippen molar-refractivity contribution >= 4 is 11.6 Å². The molecule has 1 aliphatic carbocycles. The highest BCUT2D eigenvalue weighted by atomic mass is 35.5. The van der Waals surface area contributed by atoms with Crippen LogP contribution in [0.1, 0.15) is 54.8 Å². The van der Waals surface area contributed by atoms with Crippen LogP contribution in [0, 0.1) is 0 Å². The molecule has 0 saturated heterocycles. The minimum Gasteiger partial charge on any atom is -0.220 e. The third-order valence-electron chi connectivity index (χ3n) is 5.35. The molecule has 4 nitrogen and oxygen atoms in total. The van der Waals surface area contributed by atoms with E-state index in [1.165, 1.54) is 43.2 Å². The average molecular weight is 405 g/mol. The number of halogens is 1.